The van der Waals surface area contributed by atoms with E-state index in [2.05, 4.69) is 20.8 Å². The van der Waals surface area contributed by atoms with E-state index in [4.69, 9.17) is 11.5 Å². The number of primary amides is 2. The predicted molar refractivity (Wildman–Crippen MR) is 105 cm³/mol. The molecule has 28 heavy (non-hydrogen) atoms. The Bertz CT molecular complexity index is 734. The molecule has 6 amide bonds. The third kappa shape index (κ3) is 9.50. The molecule has 0 aliphatic carbocycles. The molecule has 0 aliphatic heterocycles. The van der Waals surface area contributed by atoms with Crippen LogP contribution >= 0.6 is 0 Å². The molecule has 0 unspecified atom stereocenters. The molecule has 1 aromatic rings. The van der Waals surface area contributed by atoms with E-state index in [9.17, 15) is 19.2 Å². The maximum atomic E-state index is 11.9. The maximum absolute atomic E-state index is 11.9. The zero-order chi connectivity index (χ0) is 21.1. The molecule has 0 fully saturated rings. The number of nitrogens with two attached hydrogens (primary N) is 2. The van der Waals surface area contributed by atoms with Gasteiger partial charge < -0.3 is 22.1 Å². The molecule has 0 saturated carbocycles. The van der Waals surface area contributed by atoms with Gasteiger partial charge in [-0.05, 0) is 38.1 Å². The first kappa shape index (κ1) is 22.1. The summed E-state index contributed by atoms with van der Waals surface area (Å²) in [7, 11) is 0. The van der Waals surface area contributed by atoms with E-state index in [0.717, 1.165) is 0 Å². The van der Waals surface area contributed by atoms with Crippen molar-refractivity contribution in [2.24, 2.45) is 21.7 Å². The molecule has 12 nitrogen and oxygen atoms in total. The quantitative estimate of drug-likeness (QED) is 0.277. The fourth-order valence-corrected chi connectivity index (χ4v) is 1.89. The molecular weight excluding hydrogens is 368 g/mol. The Balaban J connectivity index is 2.52. The molecule has 0 aromatic heterocycles. The Kier molecular flexibility index (Phi) is 8.60. The van der Waals surface area contributed by atoms with Crippen LogP contribution in [0.15, 0.2) is 34.5 Å². The molecule has 150 valence electrons. The van der Waals surface area contributed by atoms with Crippen LogP contribution in [0.25, 0.3) is 0 Å². The molecule has 0 radical (unpaired) electrons. The van der Waals surface area contributed by atoms with Gasteiger partial charge in [0, 0.05) is 22.8 Å². The van der Waals surface area contributed by atoms with Crippen LogP contribution < -0.4 is 33.0 Å². The van der Waals surface area contributed by atoms with Crippen molar-refractivity contribution < 1.29 is 19.2 Å². The van der Waals surface area contributed by atoms with Crippen LogP contribution in [0.4, 0.5) is 21.0 Å². The number of carbonyl (C=O) groups excluding carboxylic acids is 4. The molecule has 12 heteroatoms. The van der Waals surface area contributed by atoms with Gasteiger partial charge in [-0.2, -0.15) is 10.2 Å². The molecular formula is C16H22N8O4. The van der Waals surface area contributed by atoms with Crippen molar-refractivity contribution in [1.29, 1.82) is 0 Å². The molecule has 0 saturated heterocycles. The van der Waals surface area contributed by atoms with Gasteiger partial charge in [-0.3, -0.25) is 9.59 Å². The van der Waals surface area contributed by atoms with Gasteiger partial charge in [-0.25, -0.2) is 20.4 Å². The van der Waals surface area contributed by atoms with Crippen molar-refractivity contribution >= 4 is 46.7 Å². The Hall–Kier alpha value is -3.96. The minimum atomic E-state index is -0.817. The van der Waals surface area contributed by atoms with E-state index in [1.165, 1.54) is 0 Å². The van der Waals surface area contributed by atoms with Crippen LogP contribution in [0.2, 0.25) is 0 Å². The lowest BCUT2D eigenvalue weighted by molar-refractivity contribution is -0.116. The van der Waals surface area contributed by atoms with Gasteiger partial charge in [0.25, 0.3) is 0 Å². The fraction of sp³-hybridized carbons (Fsp3) is 0.250. The number of anilines is 2. The number of hydrogen-bond donors (Lipinski definition) is 6. The predicted octanol–water partition coefficient (Wildman–Crippen LogP) is 0.432. The van der Waals surface area contributed by atoms with E-state index in [-0.39, 0.29) is 24.7 Å². The number of rotatable bonds is 8. The Morgan fingerprint density at radius 2 is 1.07 bits per heavy atom. The highest BCUT2D eigenvalue weighted by atomic mass is 16.2. The molecule has 8 N–H and O–H groups in total. The van der Waals surface area contributed by atoms with Crippen molar-refractivity contribution in [2.45, 2.75) is 26.7 Å². The molecule has 0 atom stereocenters. The molecule has 1 rings (SSSR count). The summed E-state index contributed by atoms with van der Waals surface area (Å²) in [4.78, 5) is 44.9. The SMILES string of the molecule is C/C(CC(=O)Nc1ccc(NC(=O)C/C(C)=N/NC(N)=O)cc1)=N\NC(N)=O. The standard InChI is InChI=1S/C16H22N8O4/c1-9(21-23-15(17)27)7-13(25)19-11-3-5-12(6-4-11)20-14(26)8-10(2)22-24-16(18)28/h3-6H,7-8H2,1-2H3,(H,19,25)(H,20,26)(H3,17,23,27)(H3,18,24,28)/b21-9+,22-10+. The number of nitrogens with one attached hydrogen (secondary N) is 4. The summed E-state index contributed by atoms with van der Waals surface area (Å²) in [5, 5.41) is 12.6. The van der Waals surface area contributed by atoms with Gasteiger partial charge in [0.2, 0.25) is 11.8 Å². The van der Waals surface area contributed by atoms with Gasteiger partial charge in [0.15, 0.2) is 0 Å². The van der Waals surface area contributed by atoms with Crippen LogP contribution in [-0.2, 0) is 9.59 Å². The van der Waals surface area contributed by atoms with Crippen LogP contribution in [0.3, 0.4) is 0 Å². The topological polar surface area (TPSA) is 193 Å². The highest BCUT2D eigenvalue weighted by Crippen LogP contribution is 2.14. The van der Waals surface area contributed by atoms with Crippen molar-refractivity contribution in [3.8, 4) is 0 Å². The smallest absolute Gasteiger partial charge is 0.332 e. The van der Waals surface area contributed by atoms with Crippen molar-refractivity contribution in [3.05, 3.63) is 24.3 Å². The zero-order valence-electron chi connectivity index (χ0n) is 15.4. The van der Waals surface area contributed by atoms with Crippen LogP contribution in [-0.4, -0.2) is 35.3 Å². The lowest BCUT2D eigenvalue weighted by atomic mass is 10.2. The minimum absolute atomic E-state index is 0.0310. The fourth-order valence-electron chi connectivity index (χ4n) is 1.89. The van der Waals surface area contributed by atoms with Crippen LogP contribution in [0, 0.1) is 0 Å². The lowest BCUT2D eigenvalue weighted by Gasteiger charge is -2.08. The summed E-state index contributed by atoms with van der Waals surface area (Å²) in [5.74, 6) is -0.670. The highest BCUT2D eigenvalue weighted by Gasteiger charge is 2.07. The average molecular weight is 390 g/mol. The summed E-state index contributed by atoms with van der Waals surface area (Å²) in [6.45, 7) is 3.14. The first-order valence-corrected chi connectivity index (χ1v) is 8.02. The van der Waals surface area contributed by atoms with Gasteiger partial charge in [0.05, 0.1) is 12.8 Å². The summed E-state index contributed by atoms with van der Waals surface area (Å²) in [6, 6.07) is 4.80. The Morgan fingerprint density at radius 3 is 1.36 bits per heavy atom. The largest absolute Gasteiger partial charge is 0.350 e. The average Bonchev–Trinajstić information content (AvgIpc) is 2.59. The number of nitrogens with zero attached hydrogens (tertiary/aromatic N) is 2. The number of carbonyl (C=O) groups is 4. The summed E-state index contributed by atoms with van der Waals surface area (Å²) < 4.78 is 0. The monoisotopic (exact) mass is 390 g/mol. The number of hydrazone groups is 2. The third-order valence-corrected chi connectivity index (χ3v) is 3.00. The number of hydrogen-bond acceptors (Lipinski definition) is 6. The second kappa shape index (κ2) is 10.9. The summed E-state index contributed by atoms with van der Waals surface area (Å²) >= 11 is 0. The van der Waals surface area contributed by atoms with E-state index < -0.39 is 12.1 Å². The van der Waals surface area contributed by atoms with Crippen LogP contribution in [0.5, 0.6) is 0 Å². The Morgan fingerprint density at radius 1 is 0.750 bits per heavy atom. The van der Waals surface area contributed by atoms with Gasteiger partial charge >= 0.3 is 12.1 Å². The van der Waals surface area contributed by atoms with Crippen molar-refractivity contribution in [3.63, 3.8) is 0 Å². The maximum Gasteiger partial charge on any atom is 0.332 e. The molecule has 0 heterocycles. The zero-order valence-corrected chi connectivity index (χ0v) is 15.4. The minimum Gasteiger partial charge on any atom is -0.350 e. The third-order valence-electron chi connectivity index (χ3n) is 3.00. The van der Waals surface area contributed by atoms with Crippen LogP contribution in [0.1, 0.15) is 26.7 Å². The second-order valence-electron chi connectivity index (χ2n) is 5.67. The van der Waals surface area contributed by atoms with Gasteiger partial charge in [-0.1, -0.05) is 0 Å². The number of amides is 6. The van der Waals surface area contributed by atoms with Crippen molar-refractivity contribution in [2.75, 3.05) is 10.6 Å². The molecule has 0 bridgehead atoms. The van der Waals surface area contributed by atoms with Gasteiger partial charge in [-0.15, -0.1) is 0 Å². The molecule has 0 aliphatic rings. The second-order valence-corrected chi connectivity index (χ2v) is 5.67. The number of benzene rings is 1. The van der Waals surface area contributed by atoms with Crippen molar-refractivity contribution in [1.82, 2.24) is 10.9 Å². The lowest BCUT2D eigenvalue weighted by Crippen LogP contribution is -2.26. The van der Waals surface area contributed by atoms with E-state index in [0.29, 0.717) is 22.8 Å². The molecule has 1 aromatic carbocycles. The molecule has 0 spiro atoms. The van der Waals surface area contributed by atoms with E-state index in [1.807, 2.05) is 10.9 Å². The Labute approximate surface area is 160 Å². The first-order valence-electron chi connectivity index (χ1n) is 8.02. The highest BCUT2D eigenvalue weighted by molar-refractivity contribution is 6.07. The van der Waals surface area contributed by atoms with E-state index in [1.54, 1.807) is 38.1 Å². The first-order chi connectivity index (χ1) is 13.2. The summed E-state index contributed by atoms with van der Waals surface area (Å²) in [6.07, 6.45) is -0.0621. The normalized spacial score (nSPS) is 11.4. The number of urea groups is 2. The van der Waals surface area contributed by atoms with E-state index >= 15 is 0 Å². The van der Waals surface area contributed by atoms with Gasteiger partial charge in [0.1, 0.15) is 0 Å². The summed E-state index contributed by atoms with van der Waals surface area (Å²) in [5.41, 5.74) is 15.6.